The first-order valence-electron chi connectivity index (χ1n) is 4.93. The van der Waals surface area contributed by atoms with Crippen LogP contribution in [0.4, 0.5) is 0 Å². The predicted octanol–water partition coefficient (Wildman–Crippen LogP) is -1.18. The lowest BCUT2D eigenvalue weighted by molar-refractivity contribution is -0.868. The van der Waals surface area contributed by atoms with Crippen molar-refractivity contribution in [1.29, 1.82) is 0 Å². The quantitative estimate of drug-likeness (QED) is 0.376. The lowest BCUT2D eigenvalue weighted by Crippen LogP contribution is -3.00. The summed E-state index contributed by atoms with van der Waals surface area (Å²) < 4.78 is 0.964. The smallest absolute Gasteiger partial charge is 0.0979 e. The van der Waals surface area contributed by atoms with E-state index >= 15 is 0 Å². The minimum atomic E-state index is 0. The maximum atomic E-state index is 4.39. The monoisotopic (exact) mass is 318 g/mol. The molecule has 1 aromatic rings. The Balaban J connectivity index is 0.00000196. The molecule has 2 nitrogen and oxygen atoms in total. The Kier molecular flexibility index (Phi) is 6.76. The van der Waals surface area contributed by atoms with Crippen LogP contribution in [0.5, 0.6) is 0 Å². The molecular weight excluding hydrogens is 299 g/mol. The van der Waals surface area contributed by atoms with Crippen LogP contribution in [0.3, 0.4) is 0 Å². The molecule has 15 heavy (non-hydrogen) atoms. The van der Waals surface area contributed by atoms with Gasteiger partial charge in [0.1, 0.15) is 0 Å². The van der Waals surface area contributed by atoms with Gasteiger partial charge in [0.05, 0.1) is 34.2 Å². The van der Waals surface area contributed by atoms with Gasteiger partial charge in [0.25, 0.3) is 0 Å². The zero-order chi connectivity index (χ0) is 10.4. The van der Waals surface area contributed by atoms with Gasteiger partial charge in [-0.15, -0.1) is 0 Å². The fraction of sp³-hybridized carbons (Fsp3) is 0.417. The van der Waals surface area contributed by atoms with E-state index in [9.17, 15) is 0 Å². The molecule has 0 bridgehead atoms. The second-order valence-electron chi connectivity index (χ2n) is 4.46. The van der Waals surface area contributed by atoms with E-state index in [0.29, 0.717) is 0 Å². The summed E-state index contributed by atoms with van der Waals surface area (Å²) in [5, 5.41) is 0. The Hall–Kier alpha value is -0.420. The summed E-state index contributed by atoms with van der Waals surface area (Å²) >= 11 is 0. The van der Waals surface area contributed by atoms with Crippen molar-refractivity contribution in [2.75, 3.05) is 34.2 Å². The third-order valence-corrected chi connectivity index (χ3v) is 1.94. The molecule has 0 aliphatic heterocycles. The van der Waals surface area contributed by atoms with Crippen molar-refractivity contribution in [2.45, 2.75) is 0 Å². The molecular formula is C12H19IN2. The second-order valence-corrected chi connectivity index (χ2v) is 4.46. The Morgan fingerprint density at radius 3 is 2.27 bits per heavy atom. The van der Waals surface area contributed by atoms with E-state index < -0.39 is 0 Å². The summed E-state index contributed by atoms with van der Waals surface area (Å²) in [6.45, 7) is 1.96. The van der Waals surface area contributed by atoms with Crippen LogP contribution in [0, 0.1) is 0 Å². The van der Waals surface area contributed by atoms with Gasteiger partial charge in [0.2, 0.25) is 0 Å². The van der Waals surface area contributed by atoms with Crippen LogP contribution in [0.25, 0.3) is 0 Å². The van der Waals surface area contributed by atoms with E-state index in [4.69, 9.17) is 0 Å². The highest BCUT2D eigenvalue weighted by Crippen LogP contribution is 1.94. The summed E-state index contributed by atoms with van der Waals surface area (Å²) in [6, 6.07) is 10.2. The average Bonchev–Trinajstić information content (AvgIpc) is 2.13. The standard InChI is InChI=1S/C12H19N2.HI/c1-14(2,3)10-9-13-11-12-7-5-4-6-8-12;/h4-8,11H,9-10H2,1-3H3;1H/q+1;/p-1. The number of likely N-dealkylation sites (N-methyl/N-ethyl adjacent to an activating group) is 1. The summed E-state index contributed by atoms with van der Waals surface area (Å²) in [5.41, 5.74) is 1.17. The van der Waals surface area contributed by atoms with Crippen molar-refractivity contribution in [3.05, 3.63) is 35.9 Å². The van der Waals surface area contributed by atoms with Crippen LogP contribution in [0.2, 0.25) is 0 Å². The SMILES string of the molecule is C[N+](C)(C)CCN=Cc1ccccc1.[I-]. The first-order chi connectivity index (χ1) is 6.58. The molecule has 3 heteroatoms. The van der Waals surface area contributed by atoms with Crippen LogP contribution in [0.1, 0.15) is 5.56 Å². The van der Waals surface area contributed by atoms with Gasteiger partial charge in [-0.3, -0.25) is 4.99 Å². The zero-order valence-electron chi connectivity index (χ0n) is 9.65. The minimum absolute atomic E-state index is 0. The predicted molar refractivity (Wildman–Crippen MR) is 61.8 cm³/mol. The lowest BCUT2D eigenvalue weighted by atomic mass is 10.2. The van der Waals surface area contributed by atoms with E-state index in [1.807, 2.05) is 24.4 Å². The molecule has 0 aliphatic rings. The maximum Gasteiger partial charge on any atom is 0.0979 e. The molecule has 0 radical (unpaired) electrons. The Morgan fingerprint density at radius 2 is 1.73 bits per heavy atom. The molecule has 0 saturated heterocycles. The molecule has 0 N–H and O–H groups in total. The van der Waals surface area contributed by atoms with Crippen molar-refractivity contribution in [3.8, 4) is 0 Å². The molecule has 84 valence electrons. The molecule has 0 saturated carbocycles. The van der Waals surface area contributed by atoms with Gasteiger partial charge in [-0.25, -0.2) is 0 Å². The van der Waals surface area contributed by atoms with Crippen molar-refractivity contribution < 1.29 is 28.5 Å². The molecule has 1 aromatic carbocycles. The average molecular weight is 318 g/mol. The number of rotatable bonds is 4. The van der Waals surface area contributed by atoms with Crippen LogP contribution in [0.15, 0.2) is 35.3 Å². The third-order valence-electron chi connectivity index (χ3n) is 1.94. The summed E-state index contributed by atoms with van der Waals surface area (Å²) in [7, 11) is 6.54. The van der Waals surface area contributed by atoms with Crippen molar-refractivity contribution in [1.82, 2.24) is 0 Å². The number of nitrogens with zero attached hydrogens (tertiary/aromatic N) is 2. The molecule has 0 aliphatic carbocycles. The van der Waals surface area contributed by atoms with Crippen molar-refractivity contribution >= 4 is 6.21 Å². The summed E-state index contributed by atoms with van der Waals surface area (Å²) in [4.78, 5) is 4.39. The fourth-order valence-electron chi connectivity index (χ4n) is 1.07. The molecule has 0 unspecified atom stereocenters. The highest BCUT2D eigenvalue weighted by atomic mass is 127. The van der Waals surface area contributed by atoms with Crippen LogP contribution >= 0.6 is 0 Å². The number of hydrogen-bond donors (Lipinski definition) is 0. The molecule has 0 amide bonds. The van der Waals surface area contributed by atoms with Crippen LogP contribution in [-0.2, 0) is 0 Å². The Labute approximate surface area is 110 Å². The first-order valence-corrected chi connectivity index (χ1v) is 4.93. The first kappa shape index (κ1) is 14.6. The van der Waals surface area contributed by atoms with E-state index in [2.05, 4.69) is 38.3 Å². The normalized spacial score (nSPS) is 11.4. The number of benzene rings is 1. The molecule has 0 spiro atoms. The van der Waals surface area contributed by atoms with E-state index in [0.717, 1.165) is 17.6 Å². The van der Waals surface area contributed by atoms with Gasteiger partial charge in [-0.1, -0.05) is 30.3 Å². The van der Waals surface area contributed by atoms with Gasteiger partial charge in [0.15, 0.2) is 0 Å². The van der Waals surface area contributed by atoms with Crippen LogP contribution < -0.4 is 24.0 Å². The fourth-order valence-corrected chi connectivity index (χ4v) is 1.07. The largest absolute Gasteiger partial charge is 1.00 e. The van der Waals surface area contributed by atoms with E-state index in [-0.39, 0.29) is 24.0 Å². The second kappa shape index (κ2) is 6.95. The van der Waals surface area contributed by atoms with E-state index in [1.165, 1.54) is 5.56 Å². The minimum Gasteiger partial charge on any atom is -1.00 e. The molecule has 0 aromatic heterocycles. The van der Waals surface area contributed by atoms with Gasteiger partial charge in [0, 0.05) is 6.21 Å². The van der Waals surface area contributed by atoms with Crippen molar-refractivity contribution in [2.24, 2.45) is 4.99 Å². The lowest BCUT2D eigenvalue weighted by Gasteiger charge is -2.22. The van der Waals surface area contributed by atoms with E-state index in [1.54, 1.807) is 0 Å². The third kappa shape index (κ3) is 7.50. The number of aliphatic imine (C=N–C) groups is 1. The maximum absolute atomic E-state index is 4.39. The summed E-state index contributed by atoms with van der Waals surface area (Å²) in [6.07, 6.45) is 1.94. The topological polar surface area (TPSA) is 12.4 Å². The number of halogens is 1. The number of hydrogen-bond acceptors (Lipinski definition) is 1. The zero-order valence-corrected chi connectivity index (χ0v) is 11.8. The van der Waals surface area contributed by atoms with Gasteiger partial charge >= 0.3 is 0 Å². The van der Waals surface area contributed by atoms with Crippen molar-refractivity contribution in [3.63, 3.8) is 0 Å². The summed E-state index contributed by atoms with van der Waals surface area (Å²) in [5.74, 6) is 0. The molecule has 0 fully saturated rings. The number of quaternary nitrogens is 1. The Bertz CT molecular complexity index is 288. The van der Waals surface area contributed by atoms with Gasteiger partial charge in [-0.2, -0.15) is 0 Å². The molecule has 0 heterocycles. The van der Waals surface area contributed by atoms with Gasteiger partial charge < -0.3 is 28.5 Å². The molecule has 1 rings (SSSR count). The highest BCUT2D eigenvalue weighted by Gasteiger charge is 2.03. The highest BCUT2D eigenvalue weighted by molar-refractivity contribution is 5.79. The Morgan fingerprint density at radius 1 is 1.13 bits per heavy atom. The van der Waals surface area contributed by atoms with Crippen LogP contribution in [-0.4, -0.2) is 44.9 Å². The van der Waals surface area contributed by atoms with Gasteiger partial charge in [-0.05, 0) is 5.56 Å². The molecule has 0 atom stereocenters.